The van der Waals surface area contributed by atoms with E-state index < -0.39 is 0 Å². The first-order valence-corrected chi connectivity index (χ1v) is 9.04. The van der Waals surface area contributed by atoms with Gasteiger partial charge in [0, 0.05) is 19.4 Å². The van der Waals surface area contributed by atoms with Gasteiger partial charge in [0.15, 0.2) is 0 Å². The van der Waals surface area contributed by atoms with Crippen LogP contribution in [0.15, 0.2) is 0 Å². The van der Waals surface area contributed by atoms with Gasteiger partial charge in [-0.2, -0.15) is 0 Å². The van der Waals surface area contributed by atoms with Gasteiger partial charge in [0.05, 0.1) is 13.1 Å². The molecule has 2 aromatic heterocycles. The summed E-state index contributed by atoms with van der Waals surface area (Å²) < 4.78 is 2.15. The predicted molar refractivity (Wildman–Crippen MR) is 91.8 cm³/mol. The largest absolute Gasteiger partial charge is 0.314 e. The zero-order valence-corrected chi connectivity index (χ0v) is 15.1. The number of carbonyl (C=O) groups excluding carboxylic acids is 1. The topological polar surface area (TPSA) is 88.8 Å². The number of aromatic nitrogens is 5. The van der Waals surface area contributed by atoms with Gasteiger partial charge in [-0.25, -0.2) is 0 Å². The number of hydrogen-bond acceptors (Lipinski definition) is 7. The summed E-state index contributed by atoms with van der Waals surface area (Å²) in [7, 11) is 1.90. The van der Waals surface area contributed by atoms with E-state index in [-0.39, 0.29) is 12.5 Å². The fourth-order valence-corrected chi connectivity index (χ4v) is 3.73. The minimum absolute atomic E-state index is 0.0918. The number of amides is 1. The van der Waals surface area contributed by atoms with Gasteiger partial charge in [0.1, 0.15) is 16.7 Å². The molecule has 0 aromatic carbocycles. The minimum atomic E-state index is -0.0918. The number of fused-ring (bicyclic) bond motifs is 1. The molecule has 24 heavy (non-hydrogen) atoms. The van der Waals surface area contributed by atoms with Gasteiger partial charge in [-0.3, -0.25) is 15.0 Å². The summed E-state index contributed by atoms with van der Waals surface area (Å²) in [5, 5.41) is 20.9. The van der Waals surface area contributed by atoms with E-state index in [2.05, 4.69) is 44.1 Å². The summed E-state index contributed by atoms with van der Waals surface area (Å²) in [6.45, 7) is 6.13. The fraction of sp³-hybridized carbons (Fsp3) is 0.667. The van der Waals surface area contributed by atoms with Crippen molar-refractivity contribution in [3.63, 3.8) is 0 Å². The molecule has 1 aliphatic heterocycles. The summed E-state index contributed by atoms with van der Waals surface area (Å²) >= 11 is 1.44. The molecule has 2 aromatic rings. The number of nitrogens with zero attached hydrogens (tertiary/aromatic N) is 6. The Bertz CT molecular complexity index is 708. The molecule has 3 heterocycles. The zero-order chi connectivity index (χ0) is 17.1. The fourth-order valence-electron chi connectivity index (χ4n) is 2.76. The Morgan fingerprint density at radius 3 is 2.96 bits per heavy atom. The lowest BCUT2D eigenvalue weighted by Crippen LogP contribution is -2.30. The van der Waals surface area contributed by atoms with Crippen LogP contribution in [0.1, 0.15) is 36.9 Å². The first-order chi connectivity index (χ1) is 11.5. The van der Waals surface area contributed by atoms with Crippen LogP contribution < -0.4 is 5.32 Å². The Labute approximate surface area is 145 Å². The Morgan fingerprint density at radius 1 is 1.33 bits per heavy atom. The molecule has 1 N–H and O–H groups in total. The normalized spacial score (nSPS) is 13.7. The predicted octanol–water partition coefficient (Wildman–Crippen LogP) is 1.34. The third-order valence-electron chi connectivity index (χ3n) is 3.81. The van der Waals surface area contributed by atoms with Crippen LogP contribution in [0, 0.1) is 5.92 Å². The van der Waals surface area contributed by atoms with Crippen molar-refractivity contribution in [2.24, 2.45) is 5.92 Å². The number of rotatable bonds is 7. The van der Waals surface area contributed by atoms with Crippen LogP contribution in [-0.4, -0.2) is 49.4 Å². The van der Waals surface area contributed by atoms with Crippen molar-refractivity contribution in [1.29, 1.82) is 0 Å². The van der Waals surface area contributed by atoms with E-state index in [9.17, 15) is 4.79 Å². The Morgan fingerprint density at radius 2 is 2.17 bits per heavy atom. The van der Waals surface area contributed by atoms with Crippen molar-refractivity contribution in [1.82, 2.24) is 29.9 Å². The molecule has 0 atom stereocenters. The molecule has 0 fully saturated rings. The molecule has 130 valence electrons. The summed E-state index contributed by atoms with van der Waals surface area (Å²) in [4.78, 5) is 14.1. The highest BCUT2D eigenvalue weighted by Crippen LogP contribution is 2.18. The third kappa shape index (κ3) is 4.15. The molecular weight excluding hydrogens is 326 g/mol. The highest BCUT2D eigenvalue weighted by atomic mass is 32.1. The van der Waals surface area contributed by atoms with Crippen LogP contribution in [0.3, 0.4) is 0 Å². The first kappa shape index (κ1) is 17.0. The van der Waals surface area contributed by atoms with Crippen LogP contribution in [-0.2, 0) is 30.7 Å². The lowest BCUT2D eigenvalue weighted by atomic mass is 10.1. The zero-order valence-electron chi connectivity index (χ0n) is 14.3. The van der Waals surface area contributed by atoms with E-state index in [0.29, 0.717) is 17.6 Å². The standard InChI is InChI=1S/C15H23N7OS/c1-10(2)7-14-19-20-15(24-14)16-13(23)9-21(3)8-12-18-17-11-5-4-6-22(11)12/h10H,4-9H2,1-3H3,(H,16,20,23). The average Bonchev–Trinajstić information content (AvgIpc) is 3.17. The number of likely N-dealkylation sites (N-methyl/N-ethyl adjacent to an activating group) is 1. The smallest absolute Gasteiger partial charge is 0.240 e. The molecule has 3 rings (SSSR count). The van der Waals surface area contributed by atoms with E-state index in [1.54, 1.807) is 0 Å². The quantitative estimate of drug-likeness (QED) is 0.811. The molecule has 0 unspecified atom stereocenters. The number of nitrogens with one attached hydrogen (secondary N) is 1. The van der Waals surface area contributed by atoms with Crippen molar-refractivity contribution < 1.29 is 4.79 Å². The molecule has 0 saturated heterocycles. The van der Waals surface area contributed by atoms with E-state index in [4.69, 9.17) is 0 Å². The summed E-state index contributed by atoms with van der Waals surface area (Å²) in [6.07, 6.45) is 3.00. The lowest BCUT2D eigenvalue weighted by Gasteiger charge is -2.15. The summed E-state index contributed by atoms with van der Waals surface area (Å²) in [6, 6.07) is 0. The van der Waals surface area contributed by atoms with E-state index >= 15 is 0 Å². The molecule has 0 spiro atoms. The van der Waals surface area contributed by atoms with Crippen molar-refractivity contribution in [3.05, 3.63) is 16.7 Å². The average molecular weight is 349 g/mol. The maximum absolute atomic E-state index is 12.2. The second-order valence-electron chi connectivity index (χ2n) is 6.61. The van der Waals surface area contributed by atoms with Crippen LogP contribution in [0.25, 0.3) is 0 Å². The molecule has 1 aliphatic rings. The van der Waals surface area contributed by atoms with Crippen molar-refractivity contribution in [3.8, 4) is 0 Å². The highest BCUT2D eigenvalue weighted by molar-refractivity contribution is 7.15. The van der Waals surface area contributed by atoms with Crippen LogP contribution in [0.2, 0.25) is 0 Å². The highest BCUT2D eigenvalue weighted by Gasteiger charge is 2.19. The minimum Gasteiger partial charge on any atom is -0.314 e. The maximum Gasteiger partial charge on any atom is 0.240 e. The van der Waals surface area contributed by atoms with Gasteiger partial charge in [-0.05, 0) is 19.4 Å². The Balaban J connectivity index is 1.50. The molecule has 1 amide bonds. The summed E-state index contributed by atoms with van der Waals surface area (Å²) in [5.74, 6) is 2.41. The SMILES string of the molecule is CC(C)Cc1nnc(NC(=O)CN(C)Cc2nnc3n2CCC3)s1. The number of aryl methyl sites for hydroxylation is 1. The first-order valence-electron chi connectivity index (χ1n) is 8.23. The second kappa shape index (κ2) is 7.35. The van der Waals surface area contributed by atoms with Gasteiger partial charge in [0.2, 0.25) is 11.0 Å². The maximum atomic E-state index is 12.2. The second-order valence-corrected chi connectivity index (χ2v) is 7.67. The molecule has 0 saturated carbocycles. The van der Waals surface area contributed by atoms with Crippen molar-refractivity contribution >= 4 is 22.4 Å². The van der Waals surface area contributed by atoms with E-state index in [0.717, 1.165) is 42.5 Å². The van der Waals surface area contributed by atoms with Crippen LogP contribution in [0.5, 0.6) is 0 Å². The number of anilines is 1. The number of carbonyl (C=O) groups is 1. The third-order valence-corrected chi connectivity index (χ3v) is 4.67. The van der Waals surface area contributed by atoms with Gasteiger partial charge in [-0.15, -0.1) is 20.4 Å². The van der Waals surface area contributed by atoms with Crippen LogP contribution >= 0.6 is 11.3 Å². The molecule has 0 radical (unpaired) electrons. The summed E-state index contributed by atoms with van der Waals surface area (Å²) in [5.41, 5.74) is 0. The van der Waals surface area contributed by atoms with Gasteiger partial charge < -0.3 is 4.57 Å². The molecule has 9 heteroatoms. The molecular formula is C15H23N7OS. The van der Waals surface area contributed by atoms with Crippen molar-refractivity contribution in [2.45, 2.75) is 46.2 Å². The van der Waals surface area contributed by atoms with Gasteiger partial charge in [0.25, 0.3) is 0 Å². The Hall–Kier alpha value is -1.87. The van der Waals surface area contributed by atoms with E-state index in [1.807, 2.05) is 11.9 Å². The van der Waals surface area contributed by atoms with E-state index in [1.165, 1.54) is 11.3 Å². The molecule has 0 bridgehead atoms. The van der Waals surface area contributed by atoms with Crippen LogP contribution in [0.4, 0.5) is 5.13 Å². The Kier molecular flexibility index (Phi) is 5.20. The lowest BCUT2D eigenvalue weighted by molar-refractivity contribution is -0.117. The van der Waals surface area contributed by atoms with Crippen molar-refractivity contribution in [2.75, 3.05) is 18.9 Å². The van der Waals surface area contributed by atoms with Gasteiger partial charge >= 0.3 is 0 Å². The number of hydrogen-bond donors (Lipinski definition) is 1. The molecule has 0 aliphatic carbocycles. The molecule has 8 nitrogen and oxygen atoms in total. The monoisotopic (exact) mass is 349 g/mol. The van der Waals surface area contributed by atoms with Gasteiger partial charge in [-0.1, -0.05) is 25.2 Å².